The Hall–Kier alpha value is -2.31. The molecule has 0 aliphatic carbocycles. The average molecular weight is 358 g/mol. The summed E-state index contributed by atoms with van der Waals surface area (Å²) in [6, 6.07) is 13.7. The lowest BCUT2D eigenvalue weighted by molar-refractivity contribution is -0.0280. The number of hydrogen-bond acceptors (Lipinski definition) is 5. The first-order valence-corrected chi connectivity index (χ1v) is 8.99. The van der Waals surface area contributed by atoms with Crippen LogP contribution in [0, 0.1) is 6.92 Å². The number of benzene rings is 1. The molecule has 0 saturated carbocycles. The summed E-state index contributed by atoms with van der Waals surface area (Å²) in [5.74, 6) is 1.80. The lowest BCUT2D eigenvalue weighted by atomic mass is 10.2. The smallest absolute Gasteiger partial charge is 0.410 e. The maximum atomic E-state index is 12.3. The number of hydrogen-bond donors (Lipinski definition) is 1. The van der Waals surface area contributed by atoms with Crippen LogP contribution in [0.15, 0.2) is 46.9 Å². The second kappa shape index (κ2) is 8.87. The zero-order valence-electron chi connectivity index (χ0n) is 15.3. The van der Waals surface area contributed by atoms with Crippen molar-refractivity contribution in [1.29, 1.82) is 0 Å². The summed E-state index contributed by atoms with van der Waals surface area (Å²) in [6.07, 6.45) is -0.358. The van der Waals surface area contributed by atoms with E-state index < -0.39 is 0 Å². The number of morpholine rings is 1. The summed E-state index contributed by atoms with van der Waals surface area (Å²) in [5, 5.41) is 3.40. The molecule has 1 amide bonds. The van der Waals surface area contributed by atoms with Gasteiger partial charge in [0.05, 0.1) is 25.3 Å². The molecule has 1 N–H and O–H groups in total. The summed E-state index contributed by atoms with van der Waals surface area (Å²) >= 11 is 0. The zero-order valence-corrected chi connectivity index (χ0v) is 15.3. The Balaban J connectivity index is 1.43. The fraction of sp³-hybridized carbons (Fsp3) is 0.450. The summed E-state index contributed by atoms with van der Waals surface area (Å²) in [4.78, 5) is 14.0. The number of nitrogens with one attached hydrogen (secondary N) is 1. The Labute approximate surface area is 154 Å². The number of rotatable bonds is 6. The molecule has 1 aromatic heterocycles. The maximum Gasteiger partial charge on any atom is 0.410 e. The molecule has 2 atom stereocenters. The molecule has 1 aromatic carbocycles. The minimum absolute atomic E-state index is 0.0634. The van der Waals surface area contributed by atoms with Gasteiger partial charge in [-0.15, -0.1) is 0 Å². The number of furan rings is 1. The second-order valence-corrected chi connectivity index (χ2v) is 6.56. The van der Waals surface area contributed by atoms with Gasteiger partial charge in [0, 0.05) is 13.1 Å². The highest BCUT2D eigenvalue weighted by Gasteiger charge is 2.25. The first-order chi connectivity index (χ1) is 12.6. The number of nitrogens with zero attached hydrogens (tertiary/aromatic N) is 1. The molecular weight excluding hydrogens is 332 g/mol. The van der Waals surface area contributed by atoms with Crippen molar-refractivity contribution in [2.75, 3.05) is 26.2 Å². The molecule has 3 rings (SSSR count). The quantitative estimate of drug-likeness (QED) is 0.859. The van der Waals surface area contributed by atoms with Crippen molar-refractivity contribution in [1.82, 2.24) is 10.2 Å². The number of carbonyl (C=O) groups excluding carboxylic acids is 1. The fourth-order valence-corrected chi connectivity index (χ4v) is 2.91. The molecule has 0 radical (unpaired) electrons. The van der Waals surface area contributed by atoms with Crippen LogP contribution in [0.3, 0.4) is 0 Å². The Morgan fingerprint density at radius 2 is 2.12 bits per heavy atom. The van der Waals surface area contributed by atoms with E-state index in [1.54, 1.807) is 4.90 Å². The fourth-order valence-electron chi connectivity index (χ4n) is 2.91. The predicted octanol–water partition coefficient (Wildman–Crippen LogP) is 3.28. The molecule has 6 nitrogen and oxygen atoms in total. The van der Waals surface area contributed by atoms with E-state index in [1.807, 2.05) is 56.3 Å². The van der Waals surface area contributed by atoms with E-state index >= 15 is 0 Å². The van der Waals surface area contributed by atoms with Gasteiger partial charge < -0.3 is 24.1 Å². The standard InChI is InChI=1S/C20H26N2O4/c1-15-8-9-19(26-15)16(2)21-12-18-13-22(10-11-24-18)20(23)25-14-17-6-4-3-5-7-17/h3-9,16,18,21H,10-14H2,1-2H3. The summed E-state index contributed by atoms with van der Waals surface area (Å²) in [7, 11) is 0. The average Bonchev–Trinajstić information content (AvgIpc) is 3.12. The van der Waals surface area contributed by atoms with Crippen LogP contribution in [0.5, 0.6) is 0 Å². The van der Waals surface area contributed by atoms with Crippen LogP contribution < -0.4 is 5.32 Å². The van der Waals surface area contributed by atoms with E-state index in [0.717, 1.165) is 17.1 Å². The van der Waals surface area contributed by atoms with Gasteiger partial charge in [-0.1, -0.05) is 30.3 Å². The van der Waals surface area contributed by atoms with Gasteiger partial charge in [0.15, 0.2) is 0 Å². The molecule has 2 unspecified atom stereocenters. The number of amides is 1. The Morgan fingerprint density at radius 1 is 1.31 bits per heavy atom. The van der Waals surface area contributed by atoms with Crippen molar-refractivity contribution >= 4 is 6.09 Å². The third-order valence-electron chi connectivity index (χ3n) is 4.44. The zero-order chi connectivity index (χ0) is 18.4. The maximum absolute atomic E-state index is 12.3. The molecule has 2 heterocycles. The second-order valence-electron chi connectivity index (χ2n) is 6.56. The highest BCUT2D eigenvalue weighted by molar-refractivity contribution is 5.67. The molecule has 26 heavy (non-hydrogen) atoms. The highest BCUT2D eigenvalue weighted by atomic mass is 16.6. The lowest BCUT2D eigenvalue weighted by Gasteiger charge is -2.32. The van der Waals surface area contributed by atoms with Crippen molar-refractivity contribution in [3.63, 3.8) is 0 Å². The van der Waals surface area contributed by atoms with Crippen LogP contribution in [-0.2, 0) is 16.1 Å². The predicted molar refractivity (Wildman–Crippen MR) is 97.8 cm³/mol. The molecular formula is C20H26N2O4. The molecule has 1 aliphatic rings. The van der Waals surface area contributed by atoms with Crippen LogP contribution in [-0.4, -0.2) is 43.3 Å². The molecule has 140 valence electrons. The highest BCUT2D eigenvalue weighted by Crippen LogP contribution is 2.16. The first-order valence-electron chi connectivity index (χ1n) is 8.99. The number of ether oxygens (including phenoxy) is 2. The Kier molecular flexibility index (Phi) is 6.30. The third-order valence-corrected chi connectivity index (χ3v) is 4.44. The molecule has 6 heteroatoms. The van der Waals surface area contributed by atoms with Crippen LogP contribution in [0.4, 0.5) is 4.79 Å². The largest absolute Gasteiger partial charge is 0.465 e. The van der Waals surface area contributed by atoms with Gasteiger partial charge in [-0.2, -0.15) is 0 Å². The molecule has 1 aliphatic heterocycles. The van der Waals surface area contributed by atoms with Gasteiger partial charge in [0.2, 0.25) is 0 Å². The van der Waals surface area contributed by atoms with E-state index in [9.17, 15) is 4.79 Å². The normalized spacial score (nSPS) is 18.5. The molecule has 2 aromatic rings. The van der Waals surface area contributed by atoms with Crippen LogP contribution >= 0.6 is 0 Å². The Morgan fingerprint density at radius 3 is 2.85 bits per heavy atom. The number of aryl methyl sites for hydroxylation is 1. The van der Waals surface area contributed by atoms with E-state index in [1.165, 1.54) is 0 Å². The van der Waals surface area contributed by atoms with Crippen molar-refractivity contribution < 1.29 is 18.7 Å². The minimum atomic E-state index is -0.295. The van der Waals surface area contributed by atoms with E-state index in [-0.39, 0.29) is 24.8 Å². The summed E-state index contributed by atoms with van der Waals surface area (Å²) in [5.41, 5.74) is 0.981. The Bertz CT molecular complexity index is 701. The first kappa shape index (κ1) is 18.5. The topological polar surface area (TPSA) is 63.9 Å². The van der Waals surface area contributed by atoms with Gasteiger partial charge in [-0.05, 0) is 31.5 Å². The monoisotopic (exact) mass is 358 g/mol. The molecule has 0 spiro atoms. The van der Waals surface area contributed by atoms with Crippen molar-refractivity contribution in [2.45, 2.75) is 32.6 Å². The van der Waals surface area contributed by atoms with E-state index in [2.05, 4.69) is 5.32 Å². The van der Waals surface area contributed by atoms with Crippen LogP contribution in [0.2, 0.25) is 0 Å². The molecule has 1 fully saturated rings. The van der Waals surface area contributed by atoms with E-state index in [4.69, 9.17) is 13.9 Å². The van der Waals surface area contributed by atoms with Gasteiger partial charge >= 0.3 is 6.09 Å². The summed E-state index contributed by atoms with van der Waals surface area (Å²) < 4.78 is 16.8. The molecule has 1 saturated heterocycles. The minimum Gasteiger partial charge on any atom is -0.465 e. The van der Waals surface area contributed by atoms with Crippen LogP contribution in [0.25, 0.3) is 0 Å². The van der Waals surface area contributed by atoms with Crippen molar-refractivity contribution in [2.24, 2.45) is 0 Å². The van der Waals surface area contributed by atoms with E-state index in [0.29, 0.717) is 26.2 Å². The van der Waals surface area contributed by atoms with Gasteiger partial charge in [-0.3, -0.25) is 0 Å². The number of carbonyl (C=O) groups is 1. The van der Waals surface area contributed by atoms with Crippen molar-refractivity contribution in [3.05, 3.63) is 59.5 Å². The SMILES string of the molecule is Cc1ccc(C(C)NCC2CN(C(=O)OCc3ccccc3)CCO2)o1. The third kappa shape index (κ3) is 5.09. The molecule has 0 bridgehead atoms. The van der Waals surface area contributed by atoms with Gasteiger partial charge in [0.1, 0.15) is 18.1 Å². The summed E-state index contributed by atoms with van der Waals surface area (Å²) in [6.45, 7) is 6.49. The van der Waals surface area contributed by atoms with Gasteiger partial charge in [-0.25, -0.2) is 4.79 Å². The van der Waals surface area contributed by atoms with Crippen molar-refractivity contribution in [3.8, 4) is 0 Å². The lowest BCUT2D eigenvalue weighted by Crippen LogP contribution is -2.49. The van der Waals surface area contributed by atoms with Gasteiger partial charge in [0.25, 0.3) is 0 Å². The van der Waals surface area contributed by atoms with Crippen LogP contribution in [0.1, 0.15) is 30.0 Å².